The molecule has 1 aromatic heterocycles. The van der Waals surface area contributed by atoms with E-state index in [4.69, 9.17) is 5.73 Å². The third-order valence-electron chi connectivity index (χ3n) is 5.42. The van der Waals surface area contributed by atoms with Crippen molar-refractivity contribution in [2.75, 3.05) is 4.90 Å². The number of amides is 2. The lowest BCUT2D eigenvalue weighted by molar-refractivity contribution is 0.253. The molecular formula is C24H20N4O. The summed E-state index contributed by atoms with van der Waals surface area (Å²) in [7, 11) is 0. The first-order chi connectivity index (χ1) is 14.2. The molecule has 3 N–H and O–H groups in total. The third kappa shape index (κ3) is 3.06. The molecule has 5 nitrogen and oxygen atoms in total. The molecule has 1 heterocycles. The molecule has 0 aliphatic heterocycles. The molecule has 5 heteroatoms. The van der Waals surface area contributed by atoms with Crippen LogP contribution in [0.25, 0.3) is 22.5 Å². The van der Waals surface area contributed by atoms with Crippen LogP contribution in [-0.2, 0) is 13.0 Å². The Bertz CT molecular complexity index is 1180. The minimum Gasteiger partial charge on any atom is -0.351 e. The van der Waals surface area contributed by atoms with E-state index in [1.165, 1.54) is 16.7 Å². The average Bonchev–Trinajstić information content (AvgIpc) is 3.32. The highest BCUT2D eigenvalue weighted by Crippen LogP contribution is 2.40. The standard InChI is InChI=1S/C24H20N4O/c25-24(29)28(15-16-6-2-1-3-7-16)19-12-10-17(11-13-19)22-21-14-18-8-4-5-9-20(18)23(21)27-26-22/h1-13H,14-15H2,(H2,25,29)(H,26,27). The number of fused-ring (bicyclic) bond motifs is 3. The molecule has 5 rings (SSSR count). The smallest absolute Gasteiger partial charge is 0.319 e. The van der Waals surface area contributed by atoms with Gasteiger partial charge in [-0.05, 0) is 23.3 Å². The third-order valence-corrected chi connectivity index (χ3v) is 5.42. The number of nitrogens with zero attached hydrogens (tertiary/aromatic N) is 2. The van der Waals surface area contributed by atoms with E-state index in [0.29, 0.717) is 6.54 Å². The van der Waals surface area contributed by atoms with Gasteiger partial charge in [-0.2, -0.15) is 5.10 Å². The van der Waals surface area contributed by atoms with Crippen LogP contribution in [0.3, 0.4) is 0 Å². The number of rotatable bonds is 4. The molecule has 0 radical (unpaired) electrons. The van der Waals surface area contributed by atoms with Gasteiger partial charge in [-0.3, -0.25) is 10.00 Å². The lowest BCUT2D eigenvalue weighted by Crippen LogP contribution is -2.35. The second kappa shape index (κ2) is 6.95. The number of anilines is 1. The van der Waals surface area contributed by atoms with Crippen LogP contribution in [0.2, 0.25) is 0 Å². The Labute approximate surface area is 168 Å². The molecule has 0 spiro atoms. The molecule has 29 heavy (non-hydrogen) atoms. The number of aromatic nitrogens is 2. The maximum Gasteiger partial charge on any atom is 0.319 e. The number of aromatic amines is 1. The van der Waals surface area contributed by atoms with Crippen molar-refractivity contribution in [2.45, 2.75) is 13.0 Å². The first-order valence-electron chi connectivity index (χ1n) is 9.57. The van der Waals surface area contributed by atoms with Crippen molar-refractivity contribution >= 4 is 11.7 Å². The summed E-state index contributed by atoms with van der Waals surface area (Å²) in [5, 5.41) is 7.75. The van der Waals surface area contributed by atoms with Gasteiger partial charge in [0.15, 0.2) is 0 Å². The summed E-state index contributed by atoms with van der Waals surface area (Å²) in [6, 6.07) is 25.6. The van der Waals surface area contributed by atoms with Crippen molar-refractivity contribution in [3.63, 3.8) is 0 Å². The van der Waals surface area contributed by atoms with E-state index in [1.54, 1.807) is 4.90 Å². The highest BCUT2D eigenvalue weighted by atomic mass is 16.2. The fraction of sp³-hybridized carbons (Fsp3) is 0.0833. The fourth-order valence-corrected chi connectivity index (χ4v) is 3.97. The number of hydrogen-bond acceptors (Lipinski definition) is 2. The zero-order valence-electron chi connectivity index (χ0n) is 15.8. The predicted octanol–water partition coefficient (Wildman–Crippen LogP) is 4.73. The minimum absolute atomic E-state index is 0.433. The summed E-state index contributed by atoms with van der Waals surface area (Å²) >= 11 is 0. The monoisotopic (exact) mass is 380 g/mol. The molecule has 0 saturated carbocycles. The SMILES string of the molecule is NC(=O)N(Cc1ccccc1)c1ccc(-c2n[nH]c3c2Cc2ccccc2-3)cc1. The van der Waals surface area contributed by atoms with Crippen LogP contribution in [0.5, 0.6) is 0 Å². The van der Waals surface area contributed by atoms with Gasteiger partial charge in [0.25, 0.3) is 0 Å². The van der Waals surface area contributed by atoms with Crippen molar-refractivity contribution < 1.29 is 4.79 Å². The lowest BCUT2D eigenvalue weighted by atomic mass is 10.0. The number of hydrogen-bond donors (Lipinski definition) is 2. The summed E-state index contributed by atoms with van der Waals surface area (Å²) in [4.78, 5) is 13.6. The number of urea groups is 1. The summed E-state index contributed by atoms with van der Waals surface area (Å²) in [6.45, 7) is 0.433. The van der Waals surface area contributed by atoms with Gasteiger partial charge in [0.05, 0.1) is 17.9 Å². The highest BCUT2D eigenvalue weighted by molar-refractivity contribution is 5.91. The second-order valence-corrected chi connectivity index (χ2v) is 7.22. The highest BCUT2D eigenvalue weighted by Gasteiger charge is 2.24. The van der Waals surface area contributed by atoms with Gasteiger partial charge in [-0.15, -0.1) is 0 Å². The van der Waals surface area contributed by atoms with Gasteiger partial charge in [-0.25, -0.2) is 4.79 Å². The zero-order chi connectivity index (χ0) is 19.8. The van der Waals surface area contributed by atoms with Crippen molar-refractivity contribution in [1.29, 1.82) is 0 Å². The second-order valence-electron chi connectivity index (χ2n) is 7.22. The number of carbonyl (C=O) groups is 1. The molecule has 1 aliphatic rings. The molecule has 2 amide bonds. The van der Waals surface area contributed by atoms with Gasteiger partial charge in [0.2, 0.25) is 0 Å². The fourth-order valence-electron chi connectivity index (χ4n) is 3.97. The number of nitrogens with two attached hydrogens (primary N) is 1. The Morgan fingerprint density at radius 3 is 2.45 bits per heavy atom. The predicted molar refractivity (Wildman–Crippen MR) is 114 cm³/mol. The van der Waals surface area contributed by atoms with Crippen molar-refractivity contribution in [3.05, 3.63) is 95.6 Å². The molecule has 142 valence electrons. The Balaban J connectivity index is 1.44. The molecule has 0 atom stereocenters. The maximum atomic E-state index is 12.0. The van der Waals surface area contributed by atoms with Crippen LogP contribution in [0.15, 0.2) is 78.9 Å². The Kier molecular flexibility index (Phi) is 4.13. The van der Waals surface area contributed by atoms with Gasteiger partial charge in [0, 0.05) is 28.8 Å². The number of nitrogens with one attached hydrogen (secondary N) is 1. The molecule has 0 bridgehead atoms. The summed E-state index contributed by atoms with van der Waals surface area (Å²) in [5.74, 6) is 0. The molecular weight excluding hydrogens is 360 g/mol. The first kappa shape index (κ1) is 17.3. The number of primary amides is 1. The molecule has 0 saturated heterocycles. The zero-order valence-corrected chi connectivity index (χ0v) is 15.8. The van der Waals surface area contributed by atoms with Crippen molar-refractivity contribution in [1.82, 2.24) is 10.2 Å². The summed E-state index contributed by atoms with van der Waals surface area (Å²) in [6.07, 6.45) is 0.876. The van der Waals surface area contributed by atoms with Crippen LogP contribution in [0.4, 0.5) is 10.5 Å². The largest absolute Gasteiger partial charge is 0.351 e. The van der Waals surface area contributed by atoms with E-state index in [-0.39, 0.29) is 0 Å². The van der Waals surface area contributed by atoms with E-state index in [0.717, 1.165) is 34.6 Å². The average molecular weight is 380 g/mol. The number of benzene rings is 3. The summed E-state index contributed by atoms with van der Waals surface area (Å²) in [5.41, 5.74) is 14.3. The molecule has 0 fully saturated rings. The molecule has 1 aliphatic carbocycles. The quantitative estimate of drug-likeness (QED) is 0.473. The first-order valence-corrected chi connectivity index (χ1v) is 9.57. The topological polar surface area (TPSA) is 75.0 Å². The Hall–Kier alpha value is -3.86. The normalized spacial score (nSPS) is 11.7. The Morgan fingerprint density at radius 2 is 1.69 bits per heavy atom. The number of H-pyrrole nitrogens is 1. The van der Waals surface area contributed by atoms with Crippen LogP contribution in [0, 0.1) is 0 Å². The van der Waals surface area contributed by atoms with Crippen molar-refractivity contribution in [2.24, 2.45) is 5.73 Å². The van der Waals surface area contributed by atoms with E-state index in [1.807, 2.05) is 60.7 Å². The van der Waals surface area contributed by atoms with Crippen LogP contribution < -0.4 is 10.6 Å². The van der Waals surface area contributed by atoms with Crippen LogP contribution in [-0.4, -0.2) is 16.2 Å². The lowest BCUT2D eigenvalue weighted by Gasteiger charge is -2.21. The van der Waals surface area contributed by atoms with Crippen LogP contribution in [0.1, 0.15) is 16.7 Å². The maximum absolute atomic E-state index is 12.0. The van der Waals surface area contributed by atoms with E-state index < -0.39 is 6.03 Å². The van der Waals surface area contributed by atoms with Gasteiger partial charge >= 0.3 is 6.03 Å². The minimum atomic E-state index is -0.474. The van der Waals surface area contributed by atoms with E-state index >= 15 is 0 Å². The van der Waals surface area contributed by atoms with Gasteiger partial charge in [-0.1, -0.05) is 66.7 Å². The van der Waals surface area contributed by atoms with Gasteiger partial charge in [0.1, 0.15) is 0 Å². The Morgan fingerprint density at radius 1 is 0.966 bits per heavy atom. The van der Waals surface area contributed by atoms with E-state index in [9.17, 15) is 4.79 Å². The van der Waals surface area contributed by atoms with E-state index in [2.05, 4.69) is 28.4 Å². The van der Waals surface area contributed by atoms with Crippen LogP contribution >= 0.6 is 0 Å². The summed E-state index contributed by atoms with van der Waals surface area (Å²) < 4.78 is 0. The van der Waals surface area contributed by atoms with Gasteiger partial charge < -0.3 is 5.73 Å². The van der Waals surface area contributed by atoms with Crippen molar-refractivity contribution in [3.8, 4) is 22.5 Å². The molecule has 0 unspecified atom stereocenters. The molecule has 3 aromatic carbocycles. The molecule has 4 aromatic rings. The number of carbonyl (C=O) groups excluding carboxylic acids is 1.